The lowest BCUT2D eigenvalue weighted by Gasteiger charge is -2.14. The van der Waals surface area contributed by atoms with Crippen molar-refractivity contribution in [2.24, 2.45) is 4.99 Å². The Bertz CT molecular complexity index is 708. The molecule has 2 aromatic rings. The van der Waals surface area contributed by atoms with Crippen molar-refractivity contribution in [3.8, 4) is 11.5 Å². The van der Waals surface area contributed by atoms with Crippen LogP contribution in [0.25, 0.3) is 0 Å². The molecule has 2 aromatic carbocycles. The highest BCUT2D eigenvalue weighted by Gasteiger charge is 2.05. The molecule has 0 heterocycles. The van der Waals surface area contributed by atoms with E-state index in [2.05, 4.69) is 27.8 Å². The van der Waals surface area contributed by atoms with Crippen molar-refractivity contribution in [3.05, 3.63) is 58.6 Å². The first-order valence-corrected chi connectivity index (χ1v) is 8.44. The fourth-order valence-electron chi connectivity index (χ4n) is 2.38. The lowest BCUT2D eigenvalue weighted by Crippen LogP contribution is -2.37. The van der Waals surface area contributed by atoms with Crippen molar-refractivity contribution < 1.29 is 9.47 Å². The summed E-state index contributed by atoms with van der Waals surface area (Å²) in [4.78, 5) is 4.24. The smallest absolute Gasteiger partial charge is 0.191 e. The van der Waals surface area contributed by atoms with Gasteiger partial charge in [0, 0.05) is 30.7 Å². The Morgan fingerprint density at radius 2 is 1.77 bits per heavy atom. The quantitative estimate of drug-likeness (QED) is 0.352. The van der Waals surface area contributed by atoms with Gasteiger partial charge in [0.25, 0.3) is 0 Å². The molecule has 0 aliphatic rings. The summed E-state index contributed by atoms with van der Waals surface area (Å²) in [5.41, 5.74) is 2.26. The number of guanidine groups is 1. The first kappa shape index (κ1) is 22.4. The van der Waals surface area contributed by atoms with E-state index in [0.717, 1.165) is 36.0 Å². The van der Waals surface area contributed by atoms with Gasteiger partial charge < -0.3 is 20.1 Å². The van der Waals surface area contributed by atoms with Crippen molar-refractivity contribution in [2.45, 2.75) is 13.0 Å². The summed E-state index contributed by atoms with van der Waals surface area (Å²) >= 11 is 5.99. The molecule has 0 unspecified atom stereocenters. The Morgan fingerprint density at radius 1 is 1.04 bits per heavy atom. The number of nitrogens with one attached hydrogen (secondary N) is 2. The maximum absolute atomic E-state index is 5.99. The van der Waals surface area contributed by atoms with E-state index in [4.69, 9.17) is 21.1 Å². The third-order valence-corrected chi connectivity index (χ3v) is 4.02. The van der Waals surface area contributed by atoms with Crippen LogP contribution in [0.2, 0.25) is 5.02 Å². The zero-order chi connectivity index (χ0) is 18.1. The summed E-state index contributed by atoms with van der Waals surface area (Å²) in [7, 11) is 5.06. The largest absolute Gasteiger partial charge is 0.497 e. The Balaban J connectivity index is 0.00000338. The maximum Gasteiger partial charge on any atom is 0.191 e. The average molecular weight is 490 g/mol. The van der Waals surface area contributed by atoms with Gasteiger partial charge in [-0.15, -0.1) is 24.0 Å². The Hall–Kier alpha value is -1.67. The lowest BCUT2D eigenvalue weighted by molar-refractivity contribution is 0.409. The van der Waals surface area contributed by atoms with Gasteiger partial charge in [0.05, 0.1) is 14.2 Å². The molecule has 0 atom stereocenters. The standard InChI is InChI=1S/C19H24ClN3O2.HI/c1-21-19(22-11-10-14-4-8-17(24-2)9-5-14)23-13-15-6-7-16(20)12-18(15)25-3;/h4-9,12H,10-11,13H2,1-3H3,(H2,21,22,23);1H. The van der Waals surface area contributed by atoms with Crippen LogP contribution in [0.5, 0.6) is 11.5 Å². The molecule has 0 amide bonds. The van der Waals surface area contributed by atoms with E-state index in [1.54, 1.807) is 27.3 Å². The van der Waals surface area contributed by atoms with E-state index in [0.29, 0.717) is 11.6 Å². The van der Waals surface area contributed by atoms with Crippen LogP contribution in [0.15, 0.2) is 47.5 Å². The minimum absolute atomic E-state index is 0. The molecule has 142 valence electrons. The van der Waals surface area contributed by atoms with Crippen molar-refractivity contribution in [1.82, 2.24) is 10.6 Å². The SMILES string of the molecule is CN=C(NCCc1ccc(OC)cc1)NCc1ccc(Cl)cc1OC.I. The molecular weight excluding hydrogens is 465 g/mol. The highest BCUT2D eigenvalue weighted by atomic mass is 127. The normalized spacial score (nSPS) is 10.7. The third-order valence-electron chi connectivity index (χ3n) is 3.78. The summed E-state index contributed by atoms with van der Waals surface area (Å²) in [6.07, 6.45) is 0.898. The van der Waals surface area contributed by atoms with Crippen LogP contribution in [-0.2, 0) is 13.0 Å². The number of aliphatic imine (C=N–C) groups is 1. The highest BCUT2D eigenvalue weighted by Crippen LogP contribution is 2.22. The van der Waals surface area contributed by atoms with Gasteiger partial charge in [0.2, 0.25) is 0 Å². The zero-order valence-corrected chi connectivity index (χ0v) is 18.3. The number of nitrogens with zero attached hydrogens (tertiary/aromatic N) is 1. The average Bonchev–Trinajstić information content (AvgIpc) is 2.65. The number of halogens is 2. The molecule has 0 aliphatic heterocycles. The van der Waals surface area contributed by atoms with Crippen LogP contribution >= 0.6 is 35.6 Å². The minimum Gasteiger partial charge on any atom is -0.497 e. The van der Waals surface area contributed by atoms with Gasteiger partial charge in [-0.05, 0) is 36.2 Å². The van der Waals surface area contributed by atoms with Gasteiger partial charge in [-0.25, -0.2) is 0 Å². The summed E-state index contributed by atoms with van der Waals surface area (Å²) in [6.45, 7) is 1.38. The van der Waals surface area contributed by atoms with Crippen molar-refractivity contribution in [1.29, 1.82) is 0 Å². The molecule has 0 bridgehead atoms. The highest BCUT2D eigenvalue weighted by molar-refractivity contribution is 14.0. The number of benzene rings is 2. The molecule has 0 saturated carbocycles. The van der Waals surface area contributed by atoms with Crippen LogP contribution in [0.3, 0.4) is 0 Å². The molecule has 0 fully saturated rings. The predicted octanol–water partition coefficient (Wildman–Crippen LogP) is 3.88. The second-order valence-electron chi connectivity index (χ2n) is 5.41. The fourth-order valence-corrected chi connectivity index (χ4v) is 2.54. The van der Waals surface area contributed by atoms with Gasteiger partial charge in [-0.1, -0.05) is 29.8 Å². The number of ether oxygens (including phenoxy) is 2. The van der Waals surface area contributed by atoms with E-state index in [9.17, 15) is 0 Å². The van der Waals surface area contributed by atoms with Crippen molar-refractivity contribution >= 4 is 41.5 Å². The van der Waals surface area contributed by atoms with Gasteiger partial charge in [0.1, 0.15) is 11.5 Å². The number of rotatable bonds is 7. The van der Waals surface area contributed by atoms with Crippen LogP contribution in [0.1, 0.15) is 11.1 Å². The van der Waals surface area contributed by atoms with Crippen LogP contribution in [0, 0.1) is 0 Å². The minimum atomic E-state index is 0. The lowest BCUT2D eigenvalue weighted by atomic mass is 10.1. The van der Waals surface area contributed by atoms with E-state index in [1.807, 2.05) is 24.3 Å². The number of hydrogen-bond donors (Lipinski definition) is 2. The Kier molecular flexibility index (Phi) is 10.2. The summed E-state index contributed by atoms with van der Waals surface area (Å²) in [5, 5.41) is 7.24. The summed E-state index contributed by atoms with van der Waals surface area (Å²) < 4.78 is 10.5. The van der Waals surface area contributed by atoms with Crippen molar-refractivity contribution in [3.63, 3.8) is 0 Å². The molecule has 0 aliphatic carbocycles. The maximum atomic E-state index is 5.99. The first-order valence-electron chi connectivity index (χ1n) is 8.06. The molecule has 0 aromatic heterocycles. The summed E-state index contributed by atoms with van der Waals surface area (Å²) in [5.74, 6) is 2.37. The Morgan fingerprint density at radius 3 is 2.38 bits per heavy atom. The predicted molar refractivity (Wildman–Crippen MR) is 118 cm³/mol. The number of hydrogen-bond acceptors (Lipinski definition) is 3. The zero-order valence-electron chi connectivity index (χ0n) is 15.2. The monoisotopic (exact) mass is 489 g/mol. The molecule has 2 N–H and O–H groups in total. The van der Waals surface area contributed by atoms with E-state index in [-0.39, 0.29) is 24.0 Å². The van der Waals surface area contributed by atoms with Crippen LogP contribution in [0.4, 0.5) is 0 Å². The number of methoxy groups -OCH3 is 2. The topological polar surface area (TPSA) is 54.9 Å². The van der Waals surface area contributed by atoms with E-state index < -0.39 is 0 Å². The van der Waals surface area contributed by atoms with Gasteiger partial charge in [0.15, 0.2) is 5.96 Å². The van der Waals surface area contributed by atoms with Gasteiger partial charge >= 0.3 is 0 Å². The molecule has 0 radical (unpaired) electrons. The van der Waals surface area contributed by atoms with Gasteiger partial charge in [-0.3, -0.25) is 4.99 Å². The Labute approximate surface area is 177 Å². The molecule has 7 heteroatoms. The molecule has 0 spiro atoms. The second kappa shape index (κ2) is 11.9. The fraction of sp³-hybridized carbons (Fsp3) is 0.316. The van der Waals surface area contributed by atoms with E-state index >= 15 is 0 Å². The molecule has 0 saturated heterocycles. The van der Waals surface area contributed by atoms with Crippen LogP contribution in [-0.4, -0.2) is 33.8 Å². The van der Waals surface area contributed by atoms with Crippen molar-refractivity contribution in [2.75, 3.05) is 27.8 Å². The third kappa shape index (κ3) is 6.92. The van der Waals surface area contributed by atoms with Gasteiger partial charge in [-0.2, -0.15) is 0 Å². The second-order valence-corrected chi connectivity index (χ2v) is 5.84. The molecule has 2 rings (SSSR count). The molecule has 5 nitrogen and oxygen atoms in total. The molecule has 26 heavy (non-hydrogen) atoms. The van der Waals surface area contributed by atoms with Crippen LogP contribution < -0.4 is 20.1 Å². The van der Waals surface area contributed by atoms with E-state index in [1.165, 1.54) is 5.56 Å². The summed E-state index contributed by atoms with van der Waals surface area (Å²) in [6, 6.07) is 13.7. The first-order chi connectivity index (χ1) is 12.2. The molecular formula is C19H25ClIN3O2.